The van der Waals surface area contributed by atoms with Crippen LogP contribution in [0.5, 0.6) is 0 Å². The summed E-state index contributed by atoms with van der Waals surface area (Å²) in [6, 6.07) is 11.4. The molecule has 0 bridgehead atoms. The number of carbonyl (C=O) groups is 4. The van der Waals surface area contributed by atoms with Crippen LogP contribution in [0.15, 0.2) is 36.4 Å². The molecule has 2 aliphatic carbocycles. The number of methoxy groups -OCH3 is 1. The Bertz CT molecular complexity index is 1190. The number of benzene rings is 2. The Balaban J connectivity index is 0.000000358. The van der Waals surface area contributed by atoms with Gasteiger partial charge in [0.25, 0.3) is 0 Å². The molecule has 3 unspecified atom stereocenters. The molecule has 7 heteroatoms. The number of aliphatic hydroxyl groups is 1. The third kappa shape index (κ3) is 7.63. The first-order chi connectivity index (χ1) is 17.9. The van der Waals surface area contributed by atoms with Crippen LogP contribution in [0.1, 0.15) is 85.0 Å². The van der Waals surface area contributed by atoms with Crippen molar-refractivity contribution in [2.45, 2.75) is 67.7 Å². The molecule has 4 rings (SSSR count). The van der Waals surface area contributed by atoms with Gasteiger partial charge in [0, 0.05) is 29.6 Å². The van der Waals surface area contributed by atoms with Gasteiger partial charge in [0.15, 0.2) is 11.6 Å². The van der Waals surface area contributed by atoms with Gasteiger partial charge in [-0.1, -0.05) is 78.4 Å². The predicted octanol–water partition coefficient (Wildman–Crippen LogP) is 5.37. The molecule has 0 aromatic heterocycles. The average molecular weight is 541 g/mol. The van der Waals surface area contributed by atoms with Gasteiger partial charge in [-0.05, 0) is 47.9 Å². The van der Waals surface area contributed by atoms with Crippen molar-refractivity contribution in [3.63, 3.8) is 0 Å². The first-order valence-corrected chi connectivity index (χ1v) is 12.9. The summed E-state index contributed by atoms with van der Waals surface area (Å²) in [5.74, 6) is -1.14. The molecule has 214 valence electrons. The van der Waals surface area contributed by atoms with Crippen molar-refractivity contribution in [2.75, 3.05) is 14.2 Å². The number of aliphatic carboxylic acids is 1. The van der Waals surface area contributed by atoms with Crippen LogP contribution in [0.25, 0.3) is 0 Å². The Morgan fingerprint density at radius 1 is 0.949 bits per heavy atom. The van der Waals surface area contributed by atoms with Crippen molar-refractivity contribution < 1.29 is 34.1 Å². The Kier molecular flexibility index (Phi) is 12.3. The highest BCUT2D eigenvalue weighted by Crippen LogP contribution is 2.38. The first-order valence-electron chi connectivity index (χ1n) is 12.9. The second-order valence-corrected chi connectivity index (χ2v) is 10.8. The third-order valence-electron chi connectivity index (χ3n) is 7.32. The van der Waals surface area contributed by atoms with Gasteiger partial charge in [-0.25, -0.2) is 0 Å². The Morgan fingerprint density at radius 2 is 1.46 bits per heavy atom. The van der Waals surface area contributed by atoms with Gasteiger partial charge in [-0.15, -0.1) is 0 Å². The highest BCUT2D eigenvalue weighted by atomic mass is 16.5. The highest BCUT2D eigenvalue weighted by Gasteiger charge is 2.38. The number of carbonyl (C=O) groups excluding carboxylic acids is 3. The third-order valence-corrected chi connectivity index (χ3v) is 7.32. The van der Waals surface area contributed by atoms with E-state index in [1.807, 2.05) is 64.1 Å². The van der Waals surface area contributed by atoms with Crippen LogP contribution in [0.2, 0.25) is 0 Å². The SMILES string of the molecule is C.CC(Cc1cccc2c1CC(C)(C)C2=O)C(=O)O.CO.COC(=O)C(C)Cc1cccc2c1CC(C)C2=O. The number of aliphatic hydroxyl groups excluding tert-OH is 1. The molecule has 0 saturated heterocycles. The maximum Gasteiger partial charge on any atom is 0.308 e. The van der Waals surface area contributed by atoms with E-state index < -0.39 is 11.9 Å². The van der Waals surface area contributed by atoms with Crippen molar-refractivity contribution >= 4 is 23.5 Å². The summed E-state index contributed by atoms with van der Waals surface area (Å²) < 4.78 is 4.74. The second-order valence-electron chi connectivity index (χ2n) is 10.8. The largest absolute Gasteiger partial charge is 0.481 e. The van der Waals surface area contributed by atoms with Gasteiger partial charge in [0.05, 0.1) is 18.9 Å². The lowest BCUT2D eigenvalue weighted by molar-refractivity contribution is -0.144. The van der Waals surface area contributed by atoms with E-state index in [0.717, 1.165) is 46.9 Å². The summed E-state index contributed by atoms with van der Waals surface area (Å²) in [7, 11) is 2.40. The Morgan fingerprint density at radius 3 is 2.00 bits per heavy atom. The van der Waals surface area contributed by atoms with Crippen LogP contribution >= 0.6 is 0 Å². The zero-order valence-electron chi connectivity index (χ0n) is 23.5. The lowest BCUT2D eigenvalue weighted by atomic mass is 9.88. The van der Waals surface area contributed by atoms with E-state index in [2.05, 4.69) is 0 Å². The number of fused-ring (bicyclic) bond motifs is 2. The molecule has 7 nitrogen and oxygen atoms in total. The summed E-state index contributed by atoms with van der Waals surface area (Å²) in [5.41, 5.74) is 5.51. The summed E-state index contributed by atoms with van der Waals surface area (Å²) in [5, 5.41) is 16.0. The number of ether oxygens (including phenoxy) is 1. The summed E-state index contributed by atoms with van der Waals surface area (Å²) in [6.07, 6.45) is 2.62. The van der Waals surface area contributed by atoms with Crippen LogP contribution < -0.4 is 0 Å². The average Bonchev–Trinajstić information content (AvgIpc) is 3.32. The maximum absolute atomic E-state index is 12.2. The fourth-order valence-corrected chi connectivity index (χ4v) is 5.13. The Hall–Kier alpha value is -3.32. The van der Waals surface area contributed by atoms with Gasteiger partial charge in [0.2, 0.25) is 0 Å². The molecule has 0 heterocycles. The van der Waals surface area contributed by atoms with E-state index in [4.69, 9.17) is 14.9 Å². The first kappa shape index (κ1) is 33.7. The van der Waals surface area contributed by atoms with Crippen molar-refractivity contribution in [2.24, 2.45) is 23.2 Å². The van der Waals surface area contributed by atoms with Crippen LogP contribution in [0, 0.1) is 23.2 Å². The van der Waals surface area contributed by atoms with Gasteiger partial charge in [0.1, 0.15) is 0 Å². The minimum atomic E-state index is -0.795. The zero-order chi connectivity index (χ0) is 28.8. The lowest BCUT2D eigenvalue weighted by Gasteiger charge is -2.14. The minimum absolute atomic E-state index is 0. The normalized spacial score (nSPS) is 17.7. The number of ketones is 2. The number of hydrogen-bond acceptors (Lipinski definition) is 6. The molecule has 0 fully saturated rings. The molecule has 0 spiro atoms. The summed E-state index contributed by atoms with van der Waals surface area (Å²) in [6.45, 7) is 9.39. The number of Topliss-reactive ketones (excluding diaryl/α,β-unsaturated/α-hetero) is 2. The number of hydrogen-bond donors (Lipinski definition) is 2. The van der Waals surface area contributed by atoms with Gasteiger partial charge < -0.3 is 14.9 Å². The lowest BCUT2D eigenvalue weighted by Crippen LogP contribution is -2.18. The molecule has 0 aliphatic heterocycles. The fraction of sp³-hybridized carbons (Fsp3) is 0.500. The highest BCUT2D eigenvalue weighted by molar-refractivity contribution is 6.05. The van der Waals surface area contributed by atoms with Crippen LogP contribution in [0.4, 0.5) is 0 Å². The van der Waals surface area contributed by atoms with E-state index in [-0.39, 0.29) is 42.2 Å². The topological polar surface area (TPSA) is 118 Å². The quantitative estimate of drug-likeness (QED) is 0.473. The molecule has 0 saturated carbocycles. The van der Waals surface area contributed by atoms with Crippen molar-refractivity contribution in [3.8, 4) is 0 Å². The van der Waals surface area contributed by atoms with E-state index in [0.29, 0.717) is 19.3 Å². The van der Waals surface area contributed by atoms with Gasteiger partial charge in [-0.3, -0.25) is 19.2 Å². The molecule has 2 N–H and O–H groups in total. The Labute approximate surface area is 232 Å². The van der Waals surface area contributed by atoms with E-state index >= 15 is 0 Å². The smallest absolute Gasteiger partial charge is 0.308 e. The number of rotatable bonds is 6. The second kappa shape index (κ2) is 14.2. The van der Waals surface area contributed by atoms with E-state index in [1.54, 1.807) is 6.92 Å². The predicted molar refractivity (Wildman–Crippen MR) is 152 cm³/mol. The van der Waals surface area contributed by atoms with E-state index in [1.165, 1.54) is 7.11 Å². The molecule has 0 radical (unpaired) electrons. The minimum Gasteiger partial charge on any atom is -0.481 e. The molecule has 39 heavy (non-hydrogen) atoms. The molecule has 2 aliphatic rings. The van der Waals surface area contributed by atoms with Crippen molar-refractivity contribution in [3.05, 3.63) is 69.8 Å². The number of esters is 1. The number of carboxylic acid groups (broad SMARTS) is 1. The molecular weight excluding hydrogens is 496 g/mol. The zero-order valence-corrected chi connectivity index (χ0v) is 23.5. The van der Waals surface area contributed by atoms with Crippen LogP contribution in [-0.4, -0.2) is 47.9 Å². The molecule has 2 aromatic carbocycles. The van der Waals surface area contributed by atoms with Gasteiger partial charge >= 0.3 is 11.9 Å². The molecule has 0 amide bonds. The number of carboxylic acids is 1. The van der Waals surface area contributed by atoms with Crippen molar-refractivity contribution in [1.82, 2.24) is 0 Å². The molecular formula is C32H44O7. The summed E-state index contributed by atoms with van der Waals surface area (Å²) >= 11 is 0. The van der Waals surface area contributed by atoms with E-state index in [9.17, 15) is 19.2 Å². The van der Waals surface area contributed by atoms with Crippen LogP contribution in [0.3, 0.4) is 0 Å². The van der Waals surface area contributed by atoms with Gasteiger partial charge in [-0.2, -0.15) is 0 Å². The van der Waals surface area contributed by atoms with Crippen LogP contribution in [-0.2, 0) is 40.0 Å². The fourth-order valence-electron chi connectivity index (χ4n) is 5.13. The monoisotopic (exact) mass is 540 g/mol. The van der Waals surface area contributed by atoms with Crippen molar-refractivity contribution in [1.29, 1.82) is 0 Å². The summed E-state index contributed by atoms with van der Waals surface area (Å²) in [4.78, 5) is 46.5. The molecule has 3 atom stereocenters. The standard InChI is InChI=1S/2C15H18O3.CH4O.CH4/c1-9-8-13-11(7-10(2)15(17)18-3)5-4-6-12(13)14(9)16;1-9(14(17)18)7-10-5-4-6-11-12(10)8-15(2,3)13(11)16;1-2;/h4-6,9-10H,7-8H2,1-3H3;4-6,9H,7-8H2,1-3H3,(H,17,18);2H,1H3;1H4. The maximum atomic E-state index is 12.2. The molecule has 2 aromatic rings.